The van der Waals surface area contributed by atoms with E-state index in [0.717, 1.165) is 10.9 Å². The summed E-state index contributed by atoms with van der Waals surface area (Å²) >= 11 is 0. The van der Waals surface area contributed by atoms with Gasteiger partial charge in [0.15, 0.2) is 5.69 Å². The predicted molar refractivity (Wildman–Crippen MR) is 58.7 cm³/mol. The topological polar surface area (TPSA) is 46.9 Å². The highest BCUT2D eigenvalue weighted by molar-refractivity contribution is 6.04. The van der Waals surface area contributed by atoms with Crippen molar-refractivity contribution in [2.24, 2.45) is 7.05 Å². The Bertz CT molecular complexity index is 502. The molecule has 1 amide bonds. The predicted octanol–water partition coefficient (Wildman–Crippen LogP) is 1.32. The summed E-state index contributed by atoms with van der Waals surface area (Å²) in [7, 11) is 1.84. The molecule has 15 heavy (non-hydrogen) atoms. The van der Waals surface area contributed by atoms with Crippen LogP contribution >= 0.6 is 0 Å². The molecule has 1 aromatic carbocycles. The zero-order valence-corrected chi connectivity index (χ0v) is 8.82. The number of fused-ring (bicyclic) bond motifs is 1. The highest BCUT2D eigenvalue weighted by Gasteiger charge is 2.14. The Kier molecular flexibility index (Phi) is 2.41. The van der Waals surface area contributed by atoms with Crippen LogP contribution in [0.1, 0.15) is 17.4 Å². The van der Waals surface area contributed by atoms with Crippen LogP contribution in [-0.4, -0.2) is 22.2 Å². The first-order chi connectivity index (χ1) is 7.24. The number of aryl methyl sites for hydroxylation is 1. The third kappa shape index (κ3) is 1.58. The maximum absolute atomic E-state index is 11.7. The second kappa shape index (κ2) is 3.73. The number of nitrogens with zero attached hydrogens (tertiary/aromatic N) is 2. The Morgan fingerprint density at radius 3 is 2.93 bits per heavy atom. The van der Waals surface area contributed by atoms with E-state index in [1.165, 1.54) is 0 Å². The van der Waals surface area contributed by atoms with E-state index in [1.54, 1.807) is 4.68 Å². The highest BCUT2D eigenvalue weighted by atomic mass is 16.1. The lowest BCUT2D eigenvalue weighted by Crippen LogP contribution is -2.23. The molecule has 0 atom stereocenters. The molecule has 4 nitrogen and oxygen atoms in total. The molecule has 2 rings (SSSR count). The number of carbonyl (C=O) groups is 1. The number of para-hydroxylation sites is 1. The fourth-order valence-electron chi connectivity index (χ4n) is 1.63. The number of carbonyl (C=O) groups excluding carboxylic acids is 1. The fraction of sp³-hybridized carbons (Fsp3) is 0.273. The van der Waals surface area contributed by atoms with E-state index in [-0.39, 0.29) is 5.91 Å². The molecule has 0 spiro atoms. The Labute approximate surface area is 87.9 Å². The van der Waals surface area contributed by atoms with E-state index < -0.39 is 0 Å². The maximum Gasteiger partial charge on any atom is 0.272 e. The van der Waals surface area contributed by atoms with Crippen LogP contribution < -0.4 is 5.32 Å². The maximum atomic E-state index is 11.7. The van der Waals surface area contributed by atoms with E-state index in [4.69, 9.17) is 0 Å². The van der Waals surface area contributed by atoms with Gasteiger partial charge in [-0.2, -0.15) is 5.10 Å². The van der Waals surface area contributed by atoms with Crippen molar-refractivity contribution in [3.8, 4) is 0 Å². The third-order valence-electron chi connectivity index (χ3n) is 2.31. The van der Waals surface area contributed by atoms with E-state index >= 15 is 0 Å². The molecule has 0 radical (unpaired) electrons. The van der Waals surface area contributed by atoms with Crippen molar-refractivity contribution in [2.75, 3.05) is 6.54 Å². The largest absolute Gasteiger partial charge is 0.351 e. The van der Waals surface area contributed by atoms with Crippen molar-refractivity contribution in [3.63, 3.8) is 0 Å². The van der Waals surface area contributed by atoms with Crippen molar-refractivity contribution in [1.29, 1.82) is 0 Å². The summed E-state index contributed by atoms with van der Waals surface area (Å²) in [4.78, 5) is 11.7. The standard InChI is InChI=1S/C11H13N3O/c1-3-12-11(15)10-8-6-4-5-7-9(8)14(2)13-10/h4-7H,3H2,1-2H3,(H,12,15). The number of rotatable bonds is 2. The van der Waals surface area contributed by atoms with Crippen LogP contribution in [-0.2, 0) is 7.05 Å². The first-order valence-corrected chi connectivity index (χ1v) is 4.94. The summed E-state index contributed by atoms with van der Waals surface area (Å²) in [6.07, 6.45) is 0. The number of nitrogens with one attached hydrogen (secondary N) is 1. The number of hydrogen-bond donors (Lipinski definition) is 1. The molecule has 0 aliphatic carbocycles. The minimum Gasteiger partial charge on any atom is -0.351 e. The molecule has 2 aromatic rings. The van der Waals surface area contributed by atoms with Gasteiger partial charge in [-0.1, -0.05) is 18.2 Å². The van der Waals surface area contributed by atoms with Crippen LogP contribution in [0, 0.1) is 0 Å². The lowest BCUT2D eigenvalue weighted by Gasteiger charge is -1.97. The zero-order chi connectivity index (χ0) is 10.8. The summed E-state index contributed by atoms with van der Waals surface area (Å²) in [5.74, 6) is -0.116. The summed E-state index contributed by atoms with van der Waals surface area (Å²) in [6, 6.07) is 7.70. The third-order valence-corrected chi connectivity index (χ3v) is 2.31. The van der Waals surface area contributed by atoms with Crippen LogP contribution in [0.2, 0.25) is 0 Å². The molecule has 1 heterocycles. The molecule has 1 N–H and O–H groups in total. The van der Waals surface area contributed by atoms with Gasteiger partial charge in [-0.3, -0.25) is 9.48 Å². The Morgan fingerprint density at radius 1 is 1.47 bits per heavy atom. The molecular weight excluding hydrogens is 190 g/mol. The molecule has 0 aliphatic heterocycles. The van der Waals surface area contributed by atoms with Crippen LogP contribution in [0.4, 0.5) is 0 Å². The van der Waals surface area contributed by atoms with E-state index in [9.17, 15) is 4.79 Å². The van der Waals surface area contributed by atoms with Gasteiger partial charge in [0.1, 0.15) is 0 Å². The minimum atomic E-state index is -0.116. The van der Waals surface area contributed by atoms with Gasteiger partial charge >= 0.3 is 0 Å². The first kappa shape index (κ1) is 9.71. The van der Waals surface area contributed by atoms with Gasteiger partial charge in [0.05, 0.1) is 5.52 Å². The molecule has 78 valence electrons. The SMILES string of the molecule is CCNC(=O)c1nn(C)c2ccccc12. The zero-order valence-electron chi connectivity index (χ0n) is 8.82. The summed E-state index contributed by atoms with van der Waals surface area (Å²) in [6.45, 7) is 2.51. The quantitative estimate of drug-likeness (QED) is 0.800. The first-order valence-electron chi connectivity index (χ1n) is 4.94. The van der Waals surface area contributed by atoms with Crippen molar-refractivity contribution in [1.82, 2.24) is 15.1 Å². The summed E-state index contributed by atoms with van der Waals surface area (Å²) in [5, 5.41) is 7.86. The number of benzene rings is 1. The Balaban J connectivity index is 2.57. The van der Waals surface area contributed by atoms with E-state index in [0.29, 0.717) is 12.2 Å². The second-order valence-electron chi connectivity index (χ2n) is 3.35. The van der Waals surface area contributed by atoms with Crippen LogP contribution in [0.15, 0.2) is 24.3 Å². The molecular formula is C11H13N3O. The van der Waals surface area contributed by atoms with E-state index in [1.807, 2.05) is 38.2 Å². The summed E-state index contributed by atoms with van der Waals surface area (Å²) < 4.78 is 1.72. The smallest absolute Gasteiger partial charge is 0.272 e. The Morgan fingerprint density at radius 2 is 2.20 bits per heavy atom. The molecule has 0 unspecified atom stereocenters. The van der Waals surface area contributed by atoms with Crippen LogP contribution in [0.3, 0.4) is 0 Å². The van der Waals surface area contributed by atoms with Crippen LogP contribution in [0.5, 0.6) is 0 Å². The average molecular weight is 203 g/mol. The number of aromatic nitrogens is 2. The molecule has 0 fully saturated rings. The van der Waals surface area contributed by atoms with Crippen molar-refractivity contribution in [2.45, 2.75) is 6.92 Å². The van der Waals surface area contributed by atoms with Gasteiger partial charge in [-0.05, 0) is 13.0 Å². The van der Waals surface area contributed by atoms with E-state index in [2.05, 4.69) is 10.4 Å². The summed E-state index contributed by atoms with van der Waals surface area (Å²) in [5.41, 5.74) is 1.47. The minimum absolute atomic E-state index is 0.116. The fourth-order valence-corrected chi connectivity index (χ4v) is 1.63. The van der Waals surface area contributed by atoms with Gasteiger partial charge in [-0.25, -0.2) is 0 Å². The number of hydrogen-bond acceptors (Lipinski definition) is 2. The van der Waals surface area contributed by atoms with Gasteiger partial charge < -0.3 is 5.32 Å². The van der Waals surface area contributed by atoms with Gasteiger partial charge in [-0.15, -0.1) is 0 Å². The monoisotopic (exact) mass is 203 g/mol. The van der Waals surface area contributed by atoms with Crippen molar-refractivity contribution < 1.29 is 4.79 Å². The number of amides is 1. The lowest BCUT2D eigenvalue weighted by molar-refractivity contribution is 0.0951. The molecule has 1 aromatic heterocycles. The lowest BCUT2D eigenvalue weighted by atomic mass is 10.2. The van der Waals surface area contributed by atoms with Gasteiger partial charge in [0, 0.05) is 19.0 Å². The molecule has 0 saturated carbocycles. The Hall–Kier alpha value is -1.84. The molecule has 0 aliphatic rings. The van der Waals surface area contributed by atoms with Crippen LogP contribution in [0.25, 0.3) is 10.9 Å². The van der Waals surface area contributed by atoms with Crippen molar-refractivity contribution in [3.05, 3.63) is 30.0 Å². The van der Waals surface area contributed by atoms with Crippen molar-refractivity contribution >= 4 is 16.8 Å². The molecule has 0 saturated heterocycles. The molecule has 4 heteroatoms. The normalized spacial score (nSPS) is 10.5. The molecule has 0 bridgehead atoms. The van der Waals surface area contributed by atoms with Gasteiger partial charge in [0.25, 0.3) is 5.91 Å². The second-order valence-corrected chi connectivity index (χ2v) is 3.35. The average Bonchev–Trinajstić information content (AvgIpc) is 2.58. The highest BCUT2D eigenvalue weighted by Crippen LogP contribution is 2.16. The van der Waals surface area contributed by atoms with Gasteiger partial charge in [0.2, 0.25) is 0 Å².